The molecule has 4 heterocycles. The van der Waals surface area contributed by atoms with Crippen molar-refractivity contribution in [1.29, 1.82) is 0 Å². The van der Waals surface area contributed by atoms with Gasteiger partial charge in [-0.25, -0.2) is 4.98 Å². The minimum Gasteiger partial charge on any atom is -0.388 e. The van der Waals surface area contributed by atoms with Gasteiger partial charge in [-0.05, 0) is 82.1 Å². The quantitative estimate of drug-likeness (QED) is 0.460. The molecule has 0 spiro atoms. The Hall–Kier alpha value is -2.72. The van der Waals surface area contributed by atoms with Crippen molar-refractivity contribution < 1.29 is 14.6 Å². The molecule has 0 radical (unpaired) electrons. The molecular formula is C31H38ClN5O4. The van der Waals surface area contributed by atoms with Crippen LogP contribution in [0.2, 0.25) is 5.15 Å². The molecule has 10 heteroatoms. The molecule has 41 heavy (non-hydrogen) atoms. The van der Waals surface area contributed by atoms with E-state index in [1.165, 1.54) is 23.7 Å². The molecule has 2 aliphatic heterocycles. The number of carbonyl (C=O) groups is 1. The number of hydrogen-bond acceptors (Lipinski definition) is 6. The Bertz CT molecular complexity index is 1530. The van der Waals surface area contributed by atoms with Gasteiger partial charge in [-0.2, -0.15) is 0 Å². The lowest BCUT2D eigenvalue weighted by Crippen LogP contribution is -2.51. The van der Waals surface area contributed by atoms with Gasteiger partial charge in [-0.3, -0.25) is 18.7 Å². The zero-order valence-corrected chi connectivity index (χ0v) is 24.5. The van der Waals surface area contributed by atoms with E-state index in [0.29, 0.717) is 54.6 Å². The van der Waals surface area contributed by atoms with Gasteiger partial charge in [0.2, 0.25) is 5.91 Å². The lowest BCUT2D eigenvalue weighted by atomic mass is 9.89. The molecule has 7 rings (SSSR count). The molecule has 9 nitrogen and oxygen atoms in total. The van der Waals surface area contributed by atoms with Gasteiger partial charge in [0, 0.05) is 25.3 Å². The van der Waals surface area contributed by atoms with Crippen molar-refractivity contribution in [2.75, 3.05) is 26.2 Å². The number of piperidine rings is 1. The summed E-state index contributed by atoms with van der Waals surface area (Å²) in [4.78, 5) is 33.2. The monoisotopic (exact) mass is 579 g/mol. The molecular weight excluding hydrogens is 542 g/mol. The molecule has 2 saturated carbocycles. The largest absolute Gasteiger partial charge is 0.388 e. The summed E-state index contributed by atoms with van der Waals surface area (Å²) in [5, 5.41) is 15.7. The van der Waals surface area contributed by atoms with E-state index in [-0.39, 0.29) is 35.1 Å². The second kappa shape index (κ2) is 9.66. The maximum absolute atomic E-state index is 13.5. The van der Waals surface area contributed by atoms with Crippen LogP contribution in [0.4, 0.5) is 0 Å². The van der Waals surface area contributed by atoms with Gasteiger partial charge in [-0.1, -0.05) is 23.7 Å². The molecule has 1 amide bonds. The first-order chi connectivity index (χ1) is 19.6. The van der Waals surface area contributed by atoms with Crippen molar-refractivity contribution in [2.45, 2.75) is 76.2 Å². The zero-order valence-electron chi connectivity index (χ0n) is 23.7. The summed E-state index contributed by atoms with van der Waals surface area (Å²) in [5.74, 6) is 0.846. The first-order valence-electron chi connectivity index (χ1n) is 14.8. The number of ether oxygens (including phenoxy) is 1. The third-order valence-electron chi connectivity index (χ3n) is 9.73. The number of hydrogen-bond donors (Lipinski definition) is 2. The van der Waals surface area contributed by atoms with Crippen LogP contribution in [0.25, 0.3) is 16.7 Å². The van der Waals surface area contributed by atoms with Gasteiger partial charge < -0.3 is 20.1 Å². The van der Waals surface area contributed by atoms with E-state index in [1.54, 1.807) is 10.6 Å². The highest BCUT2D eigenvalue weighted by Gasteiger charge is 2.60. The molecule has 2 aliphatic carbocycles. The number of benzene rings is 1. The van der Waals surface area contributed by atoms with Crippen molar-refractivity contribution in [2.24, 2.45) is 11.3 Å². The highest BCUT2D eigenvalue weighted by molar-refractivity contribution is 6.31. The number of rotatable bonds is 6. The average Bonchev–Trinajstić information content (AvgIpc) is 3.87. The standard InChI is InChI=1S/C31H38ClN5O4/c1-29(2)17-33-24(16-41-29)20-3-7-22(8-4-20)37-25(32)15-23-26(37)34-19-36(27(23)38)18-30(40)11-13-35(14-12-30)28(39)31(9-10-31)21-5-6-21/h3-4,7-8,15,19,21,24,33,40H,5-6,9-14,16-18H2,1-2H3/t24-/m1/s1. The summed E-state index contributed by atoms with van der Waals surface area (Å²) in [6.07, 6.45) is 6.74. The summed E-state index contributed by atoms with van der Waals surface area (Å²) in [6.45, 7) is 6.70. The molecule has 2 aromatic heterocycles. The first-order valence-corrected chi connectivity index (χ1v) is 15.2. The van der Waals surface area contributed by atoms with Crippen LogP contribution in [-0.2, 0) is 16.1 Å². The fraction of sp³-hybridized carbons (Fsp3) is 0.581. The number of likely N-dealkylation sites (tertiary alicyclic amines) is 1. The molecule has 218 valence electrons. The minimum atomic E-state index is -1.07. The molecule has 2 saturated heterocycles. The Morgan fingerprint density at radius 3 is 2.46 bits per heavy atom. The summed E-state index contributed by atoms with van der Waals surface area (Å²) in [6, 6.07) is 9.79. The Morgan fingerprint density at radius 1 is 1.15 bits per heavy atom. The van der Waals surface area contributed by atoms with Gasteiger partial charge in [0.25, 0.3) is 5.56 Å². The first kappa shape index (κ1) is 27.1. The third-order valence-corrected chi connectivity index (χ3v) is 10.0. The number of nitrogens with zero attached hydrogens (tertiary/aromatic N) is 4. The van der Waals surface area contributed by atoms with Gasteiger partial charge in [0.05, 0.1) is 41.2 Å². The maximum Gasteiger partial charge on any atom is 0.262 e. The van der Waals surface area contributed by atoms with Gasteiger partial charge in [-0.15, -0.1) is 0 Å². The summed E-state index contributed by atoms with van der Waals surface area (Å²) in [5.41, 5.74) is 0.822. The van der Waals surface area contributed by atoms with Crippen LogP contribution in [0.3, 0.4) is 0 Å². The molecule has 4 aliphatic rings. The summed E-state index contributed by atoms with van der Waals surface area (Å²) >= 11 is 6.64. The number of amides is 1. The normalized spacial score (nSPS) is 24.9. The lowest BCUT2D eigenvalue weighted by Gasteiger charge is -2.39. The highest BCUT2D eigenvalue weighted by atomic mass is 35.5. The van der Waals surface area contributed by atoms with Crippen molar-refractivity contribution >= 4 is 28.5 Å². The van der Waals surface area contributed by atoms with Crippen LogP contribution in [0.5, 0.6) is 0 Å². The molecule has 2 N–H and O–H groups in total. The molecule has 0 unspecified atom stereocenters. The molecule has 1 aromatic carbocycles. The minimum absolute atomic E-state index is 0.105. The highest BCUT2D eigenvalue weighted by Crippen LogP contribution is 2.62. The number of halogens is 1. The van der Waals surface area contributed by atoms with Crippen molar-refractivity contribution in [3.05, 3.63) is 57.7 Å². The van der Waals surface area contributed by atoms with Crippen LogP contribution >= 0.6 is 11.6 Å². The Morgan fingerprint density at radius 2 is 1.85 bits per heavy atom. The number of morpholine rings is 1. The topological polar surface area (TPSA) is 102 Å². The van der Waals surface area contributed by atoms with E-state index >= 15 is 0 Å². The molecule has 1 atom stereocenters. The van der Waals surface area contributed by atoms with Gasteiger partial charge in [0.15, 0.2) is 5.65 Å². The van der Waals surface area contributed by atoms with Crippen LogP contribution in [0.1, 0.15) is 64.0 Å². The van der Waals surface area contributed by atoms with Gasteiger partial charge >= 0.3 is 0 Å². The number of nitrogens with one attached hydrogen (secondary N) is 1. The summed E-state index contributed by atoms with van der Waals surface area (Å²) in [7, 11) is 0. The molecule has 4 fully saturated rings. The Labute approximate surface area is 244 Å². The van der Waals surface area contributed by atoms with Gasteiger partial charge in [0.1, 0.15) is 11.5 Å². The van der Waals surface area contributed by atoms with E-state index in [4.69, 9.17) is 16.3 Å². The number of aromatic nitrogens is 3. The lowest BCUT2D eigenvalue weighted by molar-refractivity contribution is -0.142. The summed E-state index contributed by atoms with van der Waals surface area (Å²) < 4.78 is 9.22. The van der Waals surface area contributed by atoms with E-state index in [9.17, 15) is 14.7 Å². The number of carbonyl (C=O) groups excluding carboxylic acids is 1. The van der Waals surface area contributed by atoms with Crippen molar-refractivity contribution in [3.8, 4) is 5.69 Å². The van der Waals surface area contributed by atoms with E-state index in [0.717, 1.165) is 30.6 Å². The van der Waals surface area contributed by atoms with E-state index in [2.05, 4.69) is 24.1 Å². The Balaban J connectivity index is 1.06. The second-order valence-corrected chi connectivity index (χ2v) is 13.6. The predicted octanol–water partition coefficient (Wildman–Crippen LogP) is 3.82. The van der Waals surface area contributed by atoms with E-state index in [1.807, 2.05) is 29.2 Å². The average molecular weight is 580 g/mol. The predicted molar refractivity (Wildman–Crippen MR) is 156 cm³/mol. The van der Waals surface area contributed by atoms with Crippen molar-refractivity contribution in [1.82, 2.24) is 24.3 Å². The van der Waals surface area contributed by atoms with Crippen LogP contribution in [0, 0.1) is 11.3 Å². The SMILES string of the molecule is CC1(C)CN[C@@H](c2ccc(-n3c(Cl)cc4c(=O)n(CC5(O)CCN(C(=O)C6(C7CC7)CC6)CC5)cnc43)cc2)CO1. The molecule has 0 bridgehead atoms. The smallest absolute Gasteiger partial charge is 0.262 e. The third kappa shape index (κ3) is 4.90. The van der Waals surface area contributed by atoms with Crippen LogP contribution in [-0.4, -0.2) is 67.5 Å². The molecule has 3 aromatic rings. The fourth-order valence-corrected chi connectivity index (χ4v) is 7.07. The van der Waals surface area contributed by atoms with E-state index < -0.39 is 5.60 Å². The number of aliphatic hydroxyl groups is 1. The fourth-order valence-electron chi connectivity index (χ4n) is 6.79. The van der Waals surface area contributed by atoms with Crippen LogP contribution in [0.15, 0.2) is 41.5 Å². The van der Waals surface area contributed by atoms with Crippen LogP contribution < -0.4 is 10.9 Å². The Kier molecular flexibility index (Phi) is 6.39. The maximum atomic E-state index is 13.5. The van der Waals surface area contributed by atoms with Crippen molar-refractivity contribution in [3.63, 3.8) is 0 Å². The number of fused-ring (bicyclic) bond motifs is 1. The second-order valence-electron chi connectivity index (χ2n) is 13.3. The zero-order chi connectivity index (χ0) is 28.6.